The van der Waals surface area contributed by atoms with Gasteiger partial charge in [0.25, 0.3) is 5.91 Å². The third-order valence-corrected chi connectivity index (χ3v) is 7.72. The Balaban J connectivity index is 1.43. The van der Waals surface area contributed by atoms with E-state index >= 15 is 0 Å². The number of nitrogens with zero attached hydrogens (tertiary/aromatic N) is 3. The number of thioether (sulfide) groups is 2. The highest BCUT2D eigenvalue weighted by Gasteiger charge is 2.09. The quantitative estimate of drug-likeness (QED) is 0.231. The van der Waals surface area contributed by atoms with Gasteiger partial charge < -0.3 is 0 Å². The maximum absolute atomic E-state index is 11.9. The van der Waals surface area contributed by atoms with Gasteiger partial charge in [-0.05, 0) is 29.3 Å². The van der Waals surface area contributed by atoms with E-state index in [0.29, 0.717) is 15.8 Å². The summed E-state index contributed by atoms with van der Waals surface area (Å²) in [5, 5.41) is 13.8. The van der Waals surface area contributed by atoms with Crippen LogP contribution in [0.5, 0.6) is 0 Å². The summed E-state index contributed by atoms with van der Waals surface area (Å²) in [6.45, 7) is 0. The van der Waals surface area contributed by atoms with Gasteiger partial charge in [0.1, 0.15) is 0 Å². The predicted octanol–water partition coefficient (Wildman–Crippen LogP) is 6.03. The minimum atomic E-state index is -0.244. The zero-order valence-electron chi connectivity index (χ0n) is 14.6. The molecule has 0 aliphatic rings. The van der Waals surface area contributed by atoms with Gasteiger partial charge in [-0.3, -0.25) is 4.79 Å². The average Bonchev–Trinajstić information content (AvgIpc) is 3.16. The van der Waals surface area contributed by atoms with Crippen molar-refractivity contribution in [3.63, 3.8) is 0 Å². The highest BCUT2D eigenvalue weighted by molar-refractivity contribution is 8.03. The van der Waals surface area contributed by atoms with E-state index in [1.165, 1.54) is 29.3 Å². The SMILES string of the molecule is O=C(CSc1nnc(SCc2ccccc2Cl)s1)NN=Cc1ccc(Cl)c(Cl)c1. The van der Waals surface area contributed by atoms with E-state index in [-0.39, 0.29) is 11.7 Å². The number of nitrogens with one attached hydrogen (secondary N) is 1. The molecule has 0 spiro atoms. The number of carbonyl (C=O) groups excluding carboxylic acids is 1. The summed E-state index contributed by atoms with van der Waals surface area (Å²) in [5.41, 5.74) is 4.24. The van der Waals surface area contributed by atoms with Crippen LogP contribution in [0.4, 0.5) is 0 Å². The summed E-state index contributed by atoms with van der Waals surface area (Å²) in [6.07, 6.45) is 1.50. The Morgan fingerprint density at radius 3 is 2.55 bits per heavy atom. The van der Waals surface area contributed by atoms with Crippen LogP contribution in [0.1, 0.15) is 11.1 Å². The molecule has 0 radical (unpaired) electrons. The Morgan fingerprint density at radius 2 is 1.79 bits per heavy atom. The lowest BCUT2D eigenvalue weighted by molar-refractivity contribution is -0.118. The fourth-order valence-electron chi connectivity index (χ4n) is 2.00. The Morgan fingerprint density at radius 1 is 1.03 bits per heavy atom. The van der Waals surface area contributed by atoms with Gasteiger partial charge in [0.15, 0.2) is 8.68 Å². The fraction of sp³-hybridized carbons (Fsp3) is 0.111. The number of rotatable bonds is 8. The molecular weight excluding hydrogens is 491 g/mol. The molecule has 0 aliphatic heterocycles. The number of aromatic nitrogens is 2. The maximum Gasteiger partial charge on any atom is 0.250 e. The normalized spacial score (nSPS) is 11.1. The molecule has 0 bridgehead atoms. The molecule has 3 rings (SSSR count). The molecule has 1 heterocycles. The van der Waals surface area contributed by atoms with E-state index in [9.17, 15) is 4.79 Å². The molecule has 5 nitrogen and oxygen atoms in total. The van der Waals surface area contributed by atoms with Gasteiger partial charge in [-0.2, -0.15) is 5.10 Å². The molecule has 2 aromatic carbocycles. The van der Waals surface area contributed by atoms with E-state index in [1.54, 1.807) is 30.0 Å². The van der Waals surface area contributed by atoms with E-state index in [2.05, 4.69) is 20.7 Å². The highest BCUT2D eigenvalue weighted by atomic mass is 35.5. The zero-order chi connectivity index (χ0) is 20.6. The standard InChI is InChI=1S/C18H13Cl3N4OS3/c19-13-4-2-1-3-12(13)9-27-17-24-25-18(29-17)28-10-16(26)23-22-8-11-5-6-14(20)15(21)7-11/h1-8H,9-10H2,(H,23,26). The van der Waals surface area contributed by atoms with Crippen LogP contribution >= 0.6 is 69.7 Å². The molecular formula is C18H13Cl3N4OS3. The van der Waals surface area contributed by atoms with Crippen molar-refractivity contribution in [2.75, 3.05) is 5.75 Å². The number of hydrogen-bond acceptors (Lipinski definition) is 7. The Kier molecular flexibility index (Phi) is 8.65. The van der Waals surface area contributed by atoms with Crippen molar-refractivity contribution in [1.82, 2.24) is 15.6 Å². The number of halogens is 3. The Labute approximate surface area is 195 Å². The van der Waals surface area contributed by atoms with Crippen molar-refractivity contribution in [3.8, 4) is 0 Å². The lowest BCUT2D eigenvalue weighted by Crippen LogP contribution is -2.19. The number of amides is 1. The van der Waals surface area contributed by atoms with Crippen molar-refractivity contribution >= 4 is 81.8 Å². The number of carbonyl (C=O) groups is 1. The third kappa shape index (κ3) is 7.16. The van der Waals surface area contributed by atoms with E-state index in [0.717, 1.165) is 24.8 Å². The number of benzene rings is 2. The van der Waals surface area contributed by atoms with Gasteiger partial charge in [-0.1, -0.05) is 93.9 Å². The van der Waals surface area contributed by atoms with Gasteiger partial charge in [0.05, 0.1) is 22.0 Å². The summed E-state index contributed by atoms with van der Waals surface area (Å²) in [7, 11) is 0. The second kappa shape index (κ2) is 11.2. The van der Waals surface area contributed by atoms with E-state index in [1.807, 2.05) is 24.3 Å². The molecule has 0 saturated heterocycles. The third-order valence-electron chi connectivity index (χ3n) is 3.37. The van der Waals surface area contributed by atoms with Gasteiger partial charge in [0, 0.05) is 10.8 Å². The predicted molar refractivity (Wildman–Crippen MR) is 124 cm³/mol. The second-order valence-corrected chi connectivity index (χ2v) is 10.1. The molecule has 0 saturated carbocycles. The van der Waals surface area contributed by atoms with Crippen LogP contribution in [0.15, 0.2) is 56.2 Å². The van der Waals surface area contributed by atoms with Crippen LogP contribution < -0.4 is 5.43 Å². The monoisotopic (exact) mass is 502 g/mol. The van der Waals surface area contributed by atoms with Gasteiger partial charge in [-0.25, -0.2) is 5.43 Å². The van der Waals surface area contributed by atoms with E-state index < -0.39 is 0 Å². The first-order valence-electron chi connectivity index (χ1n) is 8.11. The molecule has 29 heavy (non-hydrogen) atoms. The van der Waals surface area contributed by atoms with Crippen molar-refractivity contribution < 1.29 is 4.79 Å². The first kappa shape index (κ1) is 22.4. The molecule has 3 aromatic rings. The molecule has 0 fully saturated rings. The van der Waals surface area contributed by atoms with Gasteiger partial charge in [-0.15, -0.1) is 10.2 Å². The van der Waals surface area contributed by atoms with Crippen molar-refractivity contribution in [2.45, 2.75) is 14.4 Å². The second-order valence-electron chi connectivity index (χ2n) is 5.47. The van der Waals surface area contributed by atoms with Gasteiger partial charge in [0.2, 0.25) is 0 Å². The molecule has 0 unspecified atom stereocenters. The minimum Gasteiger partial charge on any atom is -0.272 e. The first-order chi connectivity index (χ1) is 14.0. The topological polar surface area (TPSA) is 67.2 Å². The first-order valence-corrected chi connectivity index (χ1v) is 12.0. The van der Waals surface area contributed by atoms with Crippen molar-refractivity contribution in [1.29, 1.82) is 0 Å². The summed E-state index contributed by atoms with van der Waals surface area (Å²) >= 11 is 22.3. The molecule has 0 aliphatic carbocycles. The number of hydrogen-bond donors (Lipinski definition) is 1. The van der Waals surface area contributed by atoms with Crippen molar-refractivity contribution in [3.05, 3.63) is 68.7 Å². The zero-order valence-corrected chi connectivity index (χ0v) is 19.4. The summed E-state index contributed by atoms with van der Waals surface area (Å²) in [6, 6.07) is 12.8. The molecule has 150 valence electrons. The fourth-order valence-corrected chi connectivity index (χ4v) is 5.40. The highest BCUT2D eigenvalue weighted by Crippen LogP contribution is 2.32. The molecule has 0 atom stereocenters. The average molecular weight is 504 g/mol. The van der Waals surface area contributed by atoms with Crippen LogP contribution in [-0.4, -0.2) is 28.1 Å². The molecule has 1 aromatic heterocycles. The van der Waals surface area contributed by atoms with Gasteiger partial charge >= 0.3 is 0 Å². The molecule has 1 amide bonds. The van der Waals surface area contributed by atoms with Crippen LogP contribution in [0.25, 0.3) is 0 Å². The molecule has 11 heteroatoms. The smallest absolute Gasteiger partial charge is 0.250 e. The van der Waals surface area contributed by atoms with Crippen LogP contribution in [0.3, 0.4) is 0 Å². The van der Waals surface area contributed by atoms with Crippen molar-refractivity contribution in [2.24, 2.45) is 5.10 Å². The molecule has 1 N–H and O–H groups in total. The number of hydrazone groups is 1. The minimum absolute atomic E-state index is 0.183. The Hall–Kier alpha value is -1.29. The summed E-state index contributed by atoms with van der Waals surface area (Å²) < 4.78 is 1.54. The van der Waals surface area contributed by atoms with E-state index in [4.69, 9.17) is 34.8 Å². The maximum atomic E-state index is 11.9. The Bertz CT molecular complexity index is 1030. The summed E-state index contributed by atoms with van der Waals surface area (Å²) in [4.78, 5) is 11.9. The van der Waals surface area contributed by atoms with Crippen LogP contribution in [0.2, 0.25) is 15.1 Å². The lowest BCUT2D eigenvalue weighted by Gasteiger charge is -2.00. The largest absolute Gasteiger partial charge is 0.272 e. The van der Waals surface area contributed by atoms with Crippen LogP contribution in [-0.2, 0) is 10.5 Å². The van der Waals surface area contributed by atoms with Crippen LogP contribution in [0, 0.1) is 0 Å². The lowest BCUT2D eigenvalue weighted by atomic mass is 10.2. The summed E-state index contributed by atoms with van der Waals surface area (Å²) in [5.74, 6) is 0.651.